The number of aryl methyl sites for hydroxylation is 1. The van der Waals surface area contributed by atoms with E-state index < -0.39 is 0 Å². The molecule has 0 aliphatic heterocycles. The van der Waals surface area contributed by atoms with Crippen LogP contribution in [0.25, 0.3) is 0 Å². The van der Waals surface area contributed by atoms with Gasteiger partial charge in [-0.1, -0.05) is 0 Å². The summed E-state index contributed by atoms with van der Waals surface area (Å²) in [5, 5.41) is 3.34. The maximum Gasteiger partial charge on any atom is 0.0922 e. The molecule has 0 saturated carbocycles. The molecule has 0 amide bonds. The minimum atomic E-state index is 0.825. The van der Waals surface area contributed by atoms with Crippen molar-refractivity contribution in [1.29, 1.82) is 0 Å². The third-order valence-corrected chi connectivity index (χ3v) is 2.23. The molecular weight excluding hydrogens is 176 g/mol. The topological polar surface area (TPSA) is 45.6 Å². The van der Waals surface area contributed by atoms with E-state index in [1.807, 2.05) is 25.5 Å². The van der Waals surface area contributed by atoms with Gasteiger partial charge < -0.3 is 14.9 Å². The van der Waals surface area contributed by atoms with Crippen molar-refractivity contribution in [3.8, 4) is 0 Å². The van der Waals surface area contributed by atoms with Crippen molar-refractivity contribution in [2.75, 3.05) is 0 Å². The molecule has 0 atom stereocenters. The van der Waals surface area contributed by atoms with Gasteiger partial charge in [-0.2, -0.15) is 0 Å². The fraction of sp³-hybridized carbons (Fsp3) is 0.300. The molecule has 2 N–H and O–H groups in total. The minimum absolute atomic E-state index is 0.825. The van der Waals surface area contributed by atoms with Gasteiger partial charge in [-0.25, -0.2) is 4.98 Å². The number of hydrogen-bond acceptors (Lipinski definition) is 2. The smallest absolute Gasteiger partial charge is 0.0922 e. The molecule has 0 aliphatic rings. The predicted octanol–water partition coefficient (Wildman–Crippen LogP) is 1.04. The highest BCUT2D eigenvalue weighted by atomic mass is 15.0. The molecule has 2 aromatic rings. The van der Waals surface area contributed by atoms with E-state index in [9.17, 15) is 0 Å². The lowest BCUT2D eigenvalue weighted by molar-refractivity contribution is 0.647. The summed E-state index contributed by atoms with van der Waals surface area (Å²) in [5.41, 5.74) is 2.39. The van der Waals surface area contributed by atoms with E-state index in [0.717, 1.165) is 18.8 Å². The zero-order chi connectivity index (χ0) is 9.80. The zero-order valence-corrected chi connectivity index (χ0v) is 8.20. The molecule has 2 rings (SSSR count). The molecule has 74 valence electrons. The van der Waals surface area contributed by atoms with Crippen molar-refractivity contribution in [1.82, 2.24) is 19.9 Å². The summed E-state index contributed by atoms with van der Waals surface area (Å²) in [6.45, 7) is 1.70. The van der Waals surface area contributed by atoms with Gasteiger partial charge in [0.1, 0.15) is 0 Å². The molecule has 14 heavy (non-hydrogen) atoms. The van der Waals surface area contributed by atoms with Crippen molar-refractivity contribution in [3.05, 3.63) is 42.2 Å². The molecule has 0 unspecified atom stereocenters. The van der Waals surface area contributed by atoms with Crippen LogP contribution in [0.4, 0.5) is 0 Å². The first-order chi connectivity index (χ1) is 6.86. The lowest BCUT2D eigenvalue weighted by Crippen LogP contribution is -2.14. The third kappa shape index (κ3) is 2.03. The summed E-state index contributed by atoms with van der Waals surface area (Å²) in [7, 11) is 2.05. The Balaban J connectivity index is 1.81. The molecule has 4 nitrogen and oxygen atoms in total. The first-order valence-electron chi connectivity index (χ1n) is 4.64. The fourth-order valence-corrected chi connectivity index (χ4v) is 1.39. The van der Waals surface area contributed by atoms with Gasteiger partial charge in [0.05, 0.1) is 6.33 Å². The highest BCUT2D eigenvalue weighted by Crippen LogP contribution is 1.99. The van der Waals surface area contributed by atoms with Crippen molar-refractivity contribution in [2.45, 2.75) is 13.1 Å². The SMILES string of the molecule is Cn1cccc1CNCc1cnc[nH]1. The van der Waals surface area contributed by atoms with Crippen LogP contribution in [0.3, 0.4) is 0 Å². The van der Waals surface area contributed by atoms with E-state index in [2.05, 4.69) is 25.9 Å². The van der Waals surface area contributed by atoms with Gasteiger partial charge in [-0.15, -0.1) is 0 Å². The Morgan fingerprint density at radius 2 is 2.43 bits per heavy atom. The van der Waals surface area contributed by atoms with Gasteiger partial charge in [0, 0.05) is 43.9 Å². The van der Waals surface area contributed by atoms with Gasteiger partial charge in [0.2, 0.25) is 0 Å². The summed E-state index contributed by atoms with van der Waals surface area (Å²) >= 11 is 0. The van der Waals surface area contributed by atoms with Crippen molar-refractivity contribution >= 4 is 0 Å². The van der Waals surface area contributed by atoms with E-state index in [1.165, 1.54) is 5.69 Å². The van der Waals surface area contributed by atoms with Crippen LogP contribution in [0, 0.1) is 0 Å². The quantitative estimate of drug-likeness (QED) is 0.756. The molecule has 0 spiro atoms. The number of imidazole rings is 1. The molecule has 2 aromatic heterocycles. The number of nitrogens with one attached hydrogen (secondary N) is 2. The number of aromatic nitrogens is 3. The lowest BCUT2D eigenvalue weighted by Gasteiger charge is -2.04. The average Bonchev–Trinajstić information content (AvgIpc) is 2.78. The van der Waals surface area contributed by atoms with Crippen molar-refractivity contribution in [2.24, 2.45) is 7.05 Å². The Morgan fingerprint density at radius 1 is 1.50 bits per heavy atom. The summed E-state index contributed by atoms with van der Waals surface area (Å²) in [4.78, 5) is 7.01. The van der Waals surface area contributed by atoms with Crippen LogP contribution < -0.4 is 5.32 Å². The first kappa shape index (κ1) is 9.02. The Bertz CT molecular complexity index is 374. The van der Waals surface area contributed by atoms with Crippen LogP contribution in [-0.4, -0.2) is 14.5 Å². The molecule has 4 heteroatoms. The standard InChI is InChI=1S/C10H14N4/c1-14-4-2-3-10(14)7-11-5-9-6-12-8-13-9/h2-4,6,8,11H,5,7H2,1H3,(H,12,13). The van der Waals surface area contributed by atoms with E-state index in [0.29, 0.717) is 0 Å². The summed E-state index contributed by atoms with van der Waals surface area (Å²) in [5.74, 6) is 0. The van der Waals surface area contributed by atoms with Crippen LogP contribution in [0.5, 0.6) is 0 Å². The highest BCUT2D eigenvalue weighted by molar-refractivity contribution is 5.06. The first-order valence-corrected chi connectivity index (χ1v) is 4.64. The highest BCUT2D eigenvalue weighted by Gasteiger charge is 1.96. The molecule has 2 heterocycles. The molecule has 0 bridgehead atoms. The number of nitrogens with zero attached hydrogens (tertiary/aromatic N) is 2. The van der Waals surface area contributed by atoms with Crippen LogP contribution in [0.2, 0.25) is 0 Å². The Kier molecular flexibility index (Phi) is 2.65. The molecule has 0 radical (unpaired) electrons. The van der Waals surface area contributed by atoms with E-state index in [4.69, 9.17) is 0 Å². The van der Waals surface area contributed by atoms with E-state index >= 15 is 0 Å². The molecule has 0 aromatic carbocycles. The maximum atomic E-state index is 3.95. The van der Waals surface area contributed by atoms with Gasteiger partial charge in [-0.3, -0.25) is 0 Å². The number of rotatable bonds is 4. The zero-order valence-electron chi connectivity index (χ0n) is 8.20. The largest absolute Gasteiger partial charge is 0.353 e. The van der Waals surface area contributed by atoms with Gasteiger partial charge >= 0.3 is 0 Å². The summed E-state index contributed by atoms with van der Waals surface area (Å²) in [6, 6.07) is 4.16. The summed E-state index contributed by atoms with van der Waals surface area (Å²) < 4.78 is 2.11. The lowest BCUT2D eigenvalue weighted by atomic mass is 10.4. The second-order valence-electron chi connectivity index (χ2n) is 3.29. The van der Waals surface area contributed by atoms with Gasteiger partial charge in [0.25, 0.3) is 0 Å². The van der Waals surface area contributed by atoms with Crippen LogP contribution in [0.15, 0.2) is 30.9 Å². The number of hydrogen-bond donors (Lipinski definition) is 2. The monoisotopic (exact) mass is 190 g/mol. The van der Waals surface area contributed by atoms with Crippen molar-refractivity contribution < 1.29 is 0 Å². The Morgan fingerprint density at radius 3 is 3.07 bits per heavy atom. The molecular formula is C10H14N4. The van der Waals surface area contributed by atoms with E-state index in [1.54, 1.807) is 6.33 Å². The third-order valence-electron chi connectivity index (χ3n) is 2.23. The molecule has 0 fully saturated rings. The number of aromatic amines is 1. The maximum absolute atomic E-state index is 3.95. The van der Waals surface area contributed by atoms with Crippen LogP contribution in [0.1, 0.15) is 11.4 Å². The second-order valence-corrected chi connectivity index (χ2v) is 3.29. The normalized spacial score (nSPS) is 10.6. The second kappa shape index (κ2) is 4.11. The molecule has 0 aliphatic carbocycles. The van der Waals surface area contributed by atoms with Gasteiger partial charge in [0.15, 0.2) is 0 Å². The predicted molar refractivity (Wildman–Crippen MR) is 54.5 cm³/mol. The minimum Gasteiger partial charge on any atom is -0.353 e. The van der Waals surface area contributed by atoms with E-state index in [-0.39, 0.29) is 0 Å². The molecule has 0 saturated heterocycles. The fourth-order valence-electron chi connectivity index (χ4n) is 1.39. The van der Waals surface area contributed by atoms with Crippen LogP contribution in [-0.2, 0) is 20.1 Å². The average molecular weight is 190 g/mol. The van der Waals surface area contributed by atoms with Gasteiger partial charge in [-0.05, 0) is 12.1 Å². The number of H-pyrrole nitrogens is 1. The Hall–Kier alpha value is -1.55. The Labute approximate surface area is 83.0 Å². The van der Waals surface area contributed by atoms with Crippen LogP contribution >= 0.6 is 0 Å². The summed E-state index contributed by atoms with van der Waals surface area (Å²) in [6.07, 6.45) is 5.57. The van der Waals surface area contributed by atoms with Crippen molar-refractivity contribution in [3.63, 3.8) is 0 Å².